The summed E-state index contributed by atoms with van der Waals surface area (Å²) >= 11 is 11.6. The number of carbonyl (C=O) groups is 2. The van der Waals surface area contributed by atoms with Crippen molar-refractivity contribution < 1.29 is 18.7 Å². The second kappa shape index (κ2) is 8.52. The zero-order valence-corrected chi connectivity index (χ0v) is 13.8. The zero-order chi connectivity index (χ0) is 17.5. The van der Waals surface area contributed by atoms with Crippen LogP contribution in [0.15, 0.2) is 42.5 Å². The van der Waals surface area contributed by atoms with Gasteiger partial charge in [0.05, 0.1) is 11.4 Å². The number of hydrogen-bond donors (Lipinski definition) is 2. The SMILES string of the molecule is O=C(COc1ccc(Cl)cc1Cl)NNC(=O)Cc1ccccc1F. The van der Waals surface area contributed by atoms with Crippen LogP contribution in [0.25, 0.3) is 0 Å². The lowest BCUT2D eigenvalue weighted by Crippen LogP contribution is -2.44. The Hall–Kier alpha value is -2.31. The maximum Gasteiger partial charge on any atom is 0.276 e. The van der Waals surface area contributed by atoms with Gasteiger partial charge in [0, 0.05) is 5.02 Å². The largest absolute Gasteiger partial charge is 0.482 e. The second-order valence-electron chi connectivity index (χ2n) is 4.73. The fourth-order valence-electron chi connectivity index (χ4n) is 1.77. The van der Waals surface area contributed by atoms with Crippen LogP contribution in [-0.2, 0) is 16.0 Å². The molecule has 2 amide bonds. The number of halogens is 3. The summed E-state index contributed by atoms with van der Waals surface area (Å²) in [5, 5.41) is 0.705. The molecule has 0 atom stereocenters. The third-order valence-corrected chi connectivity index (χ3v) is 3.43. The van der Waals surface area contributed by atoms with E-state index in [0.29, 0.717) is 5.02 Å². The lowest BCUT2D eigenvalue weighted by atomic mass is 10.1. The van der Waals surface area contributed by atoms with Crippen LogP contribution in [0.4, 0.5) is 4.39 Å². The van der Waals surface area contributed by atoms with Gasteiger partial charge >= 0.3 is 0 Å². The van der Waals surface area contributed by atoms with Crippen molar-refractivity contribution >= 4 is 35.0 Å². The van der Waals surface area contributed by atoms with Crippen molar-refractivity contribution in [2.45, 2.75) is 6.42 Å². The Morgan fingerprint density at radius 3 is 2.46 bits per heavy atom. The standard InChI is InChI=1S/C16H13Cl2FN2O3/c17-11-5-6-14(12(18)8-11)24-9-16(23)21-20-15(22)7-10-3-1-2-4-13(10)19/h1-6,8H,7,9H2,(H,20,22)(H,21,23). The van der Waals surface area contributed by atoms with Gasteiger partial charge in [0.15, 0.2) is 6.61 Å². The van der Waals surface area contributed by atoms with Gasteiger partial charge in [-0.3, -0.25) is 20.4 Å². The Morgan fingerprint density at radius 2 is 1.75 bits per heavy atom. The summed E-state index contributed by atoms with van der Waals surface area (Å²) in [4.78, 5) is 23.3. The van der Waals surface area contributed by atoms with E-state index in [0.717, 1.165) is 0 Å². The lowest BCUT2D eigenvalue weighted by Gasteiger charge is -2.10. The molecule has 0 spiro atoms. The van der Waals surface area contributed by atoms with Gasteiger partial charge in [-0.2, -0.15) is 0 Å². The third-order valence-electron chi connectivity index (χ3n) is 2.90. The molecule has 8 heteroatoms. The molecule has 2 aromatic carbocycles. The first-order valence-corrected chi connectivity index (χ1v) is 7.60. The van der Waals surface area contributed by atoms with Gasteiger partial charge in [0.2, 0.25) is 5.91 Å². The van der Waals surface area contributed by atoms with Gasteiger partial charge in [-0.1, -0.05) is 41.4 Å². The Bertz CT molecular complexity index is 756. The third kappa shape index (κ3) is 5.40. The van der Waals surface area contributed by atoms with Gasteiger partial charge in [0.25, 0.3) is 5.91 Å². The number of hydrogen-bond acceptors (Lipinski definition) is 3. The highest BCUT2D eigenvalue weighted by Crippen LogP contribution is 2.27. The van der Waals surface area contributed by atoms with Crippen LogP contribution >= 0.6 is 23.2 Å². The number of hydrazine groups is 1. The maximum absolute atomic E-state index is 13.4. The van der Waals surface area contributed by atoms with E-state index < -0.39 is 17.6 Å². The smallest absolute Gasteiger partial charge is 0.276 e. The Balaban J connectivity index is 1.76. The van der Waals surface area contributed by atoms with Crippen LogP contribution < -0.4 is 15.6 Å². The van der Waals surface area contributed by atoms with Crippen molar-refractivity contribution in [2.75, 3.05) is 6.61 Å². The van der Waals surface area contributed by atoms with Crippen molar-refractivity contribution in [3.63, 3.8) is 0 Å². The van der Waals surface area contributed by atoms with Crippen LogP contribution in [-0.4, -0.2) is 18.4 Å². The Labute approximate surface area is 147 Å². The van der Waals surface area contributed by atoms with E-state index in [2.05, 4.69) is 10.9 Å². The summed E-state index contributed by atoms with van der Waals surface area (Å²) in [6, 6.07) is 10.5. The average molecular weight is 371 g/mol. The summed E-state index contributed by atoms with van der Waals surface area (Å²) in [6.45, 7) is -0.360. The highest BCUT2D eigenvalue weighted by atomic mass is 35.5. The van der Waals surface area contributed by atoms with Gasteiger partial charge in [0.1, 0.15) is 11.6 Å². The van der Waals surface area contributed by atoms with Crippen LogP contribution in [0, 0.1) is 5.82 Å². The predicted octanol–water partition coefficient (Wildman–Crippen LogP) is 2.90. The summed E-state index contributed by atoms with van der Waals surface area (Å²) in [5.74, 6) is -1.35. The van der Waals surface area contributed by atoms with Crippen molar-refractivity contribution in [2.24, 2.45) is 0 Å². The number of carbonyl (C=O) groups excluding carboxylic acids is 2. The first-order chi connectivity index (χ1) is 11.5. The molecule has 0 saturated heterocycles. The van der Waals surface area contributed by atoms with Crippen LogP contribution in [0.2, 0.25) is 10.0 Å². The molecule has 0 radical (unpaired) electrons. The minimum atomic E-state index is -0.595. The normalized spacial score (nSPS) is 10.1. The highest BCUT2D eigenvalue weighted by Gasteiger charge is 2.10. The summed E-state index contributed by atoms with van der Waals surface area (Å²) in [7, 11) is 0. The molecule has 0 aliphatic carbocycles. The van der Waals surface area contributed by atoms with Gasteiger partial charge in [-0.15, -0.1) is 0 Å². The molecule has 2 N–H and O–H groups in total. The summed E-state index contributed by atoms with van der Waals surface area (Å²) in [5.41, 5.74) is 4.58. The number of amides is 2. The average Bonchev–Trinajstić information content (AvgIpc) is 2.54. The predicted molar refractivity (Wildman–Crippen MR) is 88.3 cm³/mol. The molecule has 0 aliphatic rings. The molecule has 0 bridgehead atoms. The topological polar surface area (TPSA) is 67.4 Å². The second-order valence-corrected chi connectivity index (χ2v) is 5.57. The monoisotopic (exact) mass is 370 g/mol. The van der Waals surface area contributed by atoms with Gasteiger partial charge in [-0.25, -0.2) is 4.39 Å². The van der Waals surface area contributed by atoms with Crippen molar-refractivity contribution in [1.29, 1.82) is 0 Å². The molecule has 2 aromatic rings. The molecule has 0 heterocycles. The maximum atomic E-state index is 13.4. The molecule has 0 aliphatic heterocycles. The van der Waals surface area contributed by atoms with E-state index >= 15 is 0 Å². The minimum Gasteiger partial charge on any atom is -0.482 e. The van der Waals surface area contributed by atoms with Crippen LogP contribution in [0.3, 0.4) is 0 Å². The number of ether oxygens (including phenoxy) is 1. The molecular formula is C16H13Cl2FN2O3. The summed E-state index contributed by atoms with van der Waals surface area (Å²) in [6.07, 6.45) is -0.198. The van der Waals surface area contributed by atoms with Gasteiger partial charge in [-0.05, 0) is 29.8 Å². The molecule has 2 rings (SSSR count). The number of nitrogens with one attached hydrogen (secondary N) is 2. The van der Waals surface area contributed by atoms with E-state index in [1.807, 2.05) is 0 Å². The van der Waals surface area contributed by atoms with Gasteiger partial charge < -0.3 is 4.74 Å². The molecule has 0 fully saturated rings. The molecule has 24 heavy (non-hydrogen) atoms. The summed E-state index contributed by atoms with van der Waals surface area (Å²) < 4.78 is 18.6. The quantitative estimate of drug-likeness (QED) is 0.795. The first-order valence-electron chi connectivity index (χ1n) is 6.84. The minimum absolute atomic E-state index is 0.198. The number of benzene rings is 2. The lowest BCUT2D eigenvalue weighted by molar-refractivity contribution is -0.129. The Kier molecular flexibility index (Phi) is 6.40. The van der Waals surface area contributed by atoms with E-state index in [9.17, 15) is 14.0 Å². The molecule has 126 valence electrons. The van der Waals surface area contributed by atoms with Crippen LogP contribution in [0.1, 0.15) is 5.56 Å². The van der Waals surface area contributed by atoms with E-state index in [1.165, 1.54) is 30.3 Å². The molecule has 0 aromatic heterocycles. The first kappa shape index (κ1) is 18.0. The Morgan fingerprint density at radius 1 is 1.04 bits per heavy atom. The highest BCUT2D eigenvalue weighted by molar-refractivity contribution is 6.35. The van der Waals surface area contributed by atoms with Crippen molar-refractivity contribution in [1.82, 2.24) is 10.9 Å². The van der Waals surface area contributed by atoms with E-state index in [-0.39, 0.29) is 29.4 Å². The van der Waals surface area contributed by atoms with Crippen molar-refractivity contribution in [3.05, 3.63) is 63.9 Å². The van der Waals surface area contributed by atoms with Crippen LogP contribution in [0.5, 0.6) is 5.75 Å². The van der Waals surface area contributed by atoms with Crippen molar-refractivity contribution in [3.8, 4) is 5.75 Å². The molecule has 5 nitrogen and oxygen atoms in total. The fourth-order valence-corrected chi connectivity index (χ4v) is 2.23. The fraction of sp³-hybridized carbons (Fsp3) is 0.125. The molecule has 0 saturated carbocycles. The molecular weight excluding hydrogens is 358 g/mol. The van der Waals surface area contributed by atoms with E-state index in [1.54, 1.807) is 12.1 Å². The molecule has 0 unspecified atom stereocenters. The van der Waals surface area contributed by atoms with E-state index in [4.69, 9.17) is 27.9 Å². The number of rotatable bonds is 5. The zero-order valence-electron chi connectivity index (χ0n) is 12.3.